The SMILES string of the molecule is CC(C)[C@@H](NC(=O)CCCNC(=O)c1ccsc1)c1cccs1. The summed E-state index contributed by atoms with van der Waals surface area (Å²) in [6, 6.07) is 5.90. The average Bonchev–Trinajstić information content (AvgIpc) is 3.21. The van der Waals surface area contributed by atoms with Gasteiger partial charge in [-0.1, -0.05) is 19.9 Å². The molecule has 0 aliphatic carbocycles. The molecule has 1 atom stereocenters. The summed E-state index contributed by atoms with van der Waals surface area (Å²) in [7, 11) is 0. The maximum atomic E-state index is 12.1. The molecule has 0 fully saturated rings. The Bertz CT molecular complexity index is 607. The molecular formula is C17H22N2O2S2. The third-order valence-corrected chi connectivity index (χ3v) is 5.12. The number of carbonyl (C=O) groups excluding carboxylic acids is 2. The highest BCUT2D eigenvalue weighted by Gasteiger charge is 2.18. The summed E-state index contributed by atoms with van der Waals surface area (Å²) in [6.45, 7) is 4.71. The molecule has 4 nitrogen and oxygen atoms in total. The summed E-state index contributed by atoms with van der Waals surface area (Å²) in [6.07, 6.45) is 1.05. The smallest absolute Gasteiger partial charge is 0.252 e. The summed E-state index contributed by atoms with van der Waals surface area (Å²) in [5, 5.41) is 11.6. The van der Waals surface area contributed by atoms with Crippen molar-refractivity contribution in [3.63, 3.8) is 0 Å². The van der Waals surface area contributed by atoms with Crippen molar-refractivity contribution in [2.75, 3.05) is 6.54 Å². The van der Waals surface area contributed by atoms with E-state index in [-0.39, 0.29) is 17.9 Å². The summed E-state index contributed by atoms with van der Waals surface area (Å²) < 4.78 is 0. The van der Waals surface area contributed by atoms with Crippen molar-refractivity contribution in [2.45, 2.75) is 32.7 Å². The lowest BCUT2D eigenvalue weighted by atomic mass is 10.0. The summed E-state index contributed by atoms with van der Waals surface area (Å²) in [5.74, 6) is 0.295. The second-order valence-corrected chi connectivity index (χ2v) is 7.44. The molecule has 124 valence electrons. The lowest BCUT2D eigenvalue weighted by molar-refractivity contribution is -0.122. The molecule has 2 aromatic rings. The largest absolute Gasteiger partial charge is 0.352 e. The molecular weight excluding hydrogens is 328 g/mol. The molecule has 0 bridgehead atoms. The molecule has 6 heteroatoms. The van der Waals surface area contributed by atoms with E-state index in [0.717, 1.165) is 0 Å². The lowest BCUT2D eigenvalue weighted by Crippen LogP contribution is -2.32. The van der Waals surface area contributed by atoms with Crippen molar-refractivity contribution in [1.82, 2.24) is 10.6 Å². The maximum Gasteiger partial charge on any atom is 0.252 e. The normalized spacial score (nSPS) is 12.1. The van der Waals surface area contributed by atoms with Gasteiger partial charge >= 0.3 is 0 Å². The molecule has 2 N–H and O–H groups in total. The van der Waals surface area contributed by atoms with Crippen LogP contribution in [0.3, 0.4) is 0 Å². The Labute approximate surface area is 144 Å². The summed E-state index contributed by atoms with van der Waals surface area (Å²) >= 11 is 3.16. The van der Waals surface area contributed by atoms with E-state index < -0.39 is 0 Å². The van der Waals surface area contributed by atoms with E-state index in [9.17, 15) is 9.59 Å². The van der Waals surface area contributed by atoms with Gasteiger partial charge in [0.2, 0.25) is 5.91 Å². The Morgan fingerprint density at radius 2 is 2.04 bits per heavy atom. The second kappa shape index (κ2) is 8.84. The summed E-state index contributed by atoms with van der Waals surface area (Å²) in [5.41, 5.74) is 0.678. The van der Waals surface area contributed by atoms with Crippen molar-refractivity contribution < 1.29 is 9.59 Å². The van der Waals surface area contributed by atoms with Crippen LogP contribution in [-0.4, -0.2) is 18.4 Å². The number of hydrogen-bond acceptors (Lipinski definition) is 4. The number of rotatable bonds is 8. The maximum absolute atomic E-state index is 12.1. The van der Waals surface area contributed by atoms with E-state index in [0.29, 0.717) is 30.9 Å². The standard InChI is InChI=1S/C17H22N2O2S2/c1-12(2)16(14-5-4-9-23-14)19-15(20)6-3-8-18-17(21)13-7-10-22-11-13/h4-5,7,9-12,16H,3,6,8H2,1-2H3,(H,18,21)(H,19,20)/t16-/m1/s1. The van der Waals surface area contributed by atoms with Crippen molar-refractivity contribution >= 4 is 34.5 Å². The Hall–Kier alpha value is -1.66. The first kappa shape index (κ1) is 17.7. The fourth-order valence-electron chi connectivity index (χ4n) is 2.23. The van der Waals surface area contributed by atoms with Crippen molar-refractivity contribution in [2.24, 2.45) is 5.92 Å². The number of carbonyl (C=O) groups is 2. The van der Waals surface area contributed by atoms with Crippen LogP contribution in [0.5, 0.6) is 0 Å². The van der Waals surface area contributed by atoms with Crippen LogP contribution in [0, 0.1) is 5.92 Å². The Morgan fingerprint density at radius 1 is 1.22 bits per heavy atom. The molecule has 0 saturated carbocycles. The van der Waals surface area contributed by atoms with E-state index in [4.69, 9.17) is 0 Å². The molecule has 0 aliphatic heterocycles. The van der Waals surface area contributed by atoms with Crippen LogP contribution >= 0.6 is 22.7 Å². The molecule has 0 aromatic carbocycles. The minimum Gasteiger partial charge on any atom is -0.352 e. The van der Waals surface area contributed by atoms with Gasteiger partial charge in [0.1, 0.15) is 0 Å². The highest BCUT2D eigenvalue weighted by Crippen LogP contribution is 2.25. The number of thiophene rings is 2. The van der Waals surface area contributed by atoms with Gasteiger partial charge in [0, 0.05) is 28.8 Å². The van der Waals surface area contributed by atoms with Crippen molar-refractivity contribution in [3.8, 4) is 0 Å². The van der Waals surface area contributed by atoms with E-state index in [1.54, 1.807) is 17.4 Å². The molecule has 2 aromatic heterocycles. The highest BCUT2D eigenvalue weighted by atomic mass is 32.1. The molecule has 0 spiro atoms. The van der Waals surface area contributed by atoms with E-state index >= 15 is 0 Å². The molecule has 2 heterocycles. The van der Waals surface area contributed by atoms with Crippen LogP contribution in [-0.2, 0) is 4.79 Å². The fraction of sp³-hybridized carbons (Fsp3) is 0.412. The minimum atomic E-state index is -0.0784. The molecule has 0 unspecified atom stereocenters. The number of hydrogen-bond donors (Lipinski definition) is 2. The molecule has 2 rings (SSSR count). The third kappa shape index (κ3) is 5.48. The molecule has 2 amide bonds. The van der Waals surface area contributed by atoms with Gasteiger partial charge in [0.15, 0.2) is 0 Å². The third-order valence-electron chi connectivity index (χ3n) is 3.48. The van der Waals surface area contributed by atoms with Crippen LogP contribution < -0.4 is 10.6 Å². The minimum absolute atomic E-state index is 0.0295. The molecule has 0 radical (unpaired) electrons. The van der Waals surface area contributed by atoms with E-state index in [2.05, 4.69) is 30.5 Å². The van der Waals surface area contributed by atoms with Gasteiger partial charge in [-0.3, -0.25) is 9.59 Å². The monoisotopic (exact) mass is 350 g/mol. The van der Waals surface area contributed by atoms with Crippen molar-refractivity contribution in [1.29, 1.82) is 0 Å². The van der Waals surface area contributed by atoms with Gasteiger partial charge in [0.05, 0.1) is 6.04 Å². The average molecular weight is 351 g/mol. The van der Waals surface area contributed by atoms with Gasteiger partial charge in [0.25, 0.3) is 5.91 Å². The quantitative estimate of drug-likeness (QED) is 0.711. The van der Waals surface area contributed by atoms with Crippen LogP contribution in [0.2, 0.25) is 0 Å². The topological polar surface area (TPSA) is 58.2 Å². The first-order valence-electron chi connectivity index (χ1n) is 7.71. The van der Waals surface area contributed by atoms with Crippen molar-refractivity contribution in [3.05, 3.63) is 44.8 Å². The van der Waals surface area contributed by atoms with Gasteiger partial charge in [-0.15, -0.1) is 11.3 Å². The number of nitrogens with one attached hydrogen (secondary N) is 2. The first-order chi connectivity index (χ1) is 11.1. The Balaban J connectivity index is 1.71. The molecule has 23 heavy (non-hydrogen) atoms. The van der Waals surface area contributed by atoms with Gasteiger partial charge in [-0.2, -0.15) is 11.3 Å². The van der Waals surface area contributed by atoms with E-state index in [1.165, 1.54) is 16.2 Å². The zero-order valence-corrected chi connectivity index (χ0v) is 15.0. The first-order valence-corrected chi connectivity index (χ1v) is 9.53. The second-order valence-electron chi connectivity index (χ2n) is 5.68. The molecule has 0 aliphatic rings. The van der Waals surface area contributed by atoms with Crippen LogP contribution in [0.15, 0.2) is 34.3 Å². The predicted molar refractivity (Wildman–Crippen MR) is 95.9 cm³/mol. The van der Waals surface area contributed by atoms with Gasteiger partial charge in [-0.05, 0) is 35.2 Å². The Morgan fingerprint density at radius 3 is 2.65 bits per heavy atom. The molecule has 0 saturated heterocycles. The lowest BCUT2D eigenvalue weighted by Gasteiger charge is -2.21. The Kier molecular flexibility index (Phi) is 6.80. The predicted octanol–water partition coefficient (Wildman–Crippen LogP) is 3.83. The summed E-state index contributed by atoms with van der Waals surface area (Å²) in [4.78, 5) is 25.1. The fourth-order valence-corrected chi connectivity index (χ4v) is 3.81. The zero-order valence-electron chi connectivity index (χ0n) is 13.4. The van der Waals surface area contributed by atoms with Gasteiger partial charge in [-0.25, -0.2) is 0 Å². The highest BCUT2D eigenvalue weighted by molar-refractivity contribution is 7.10. The van der Waals surface area contributed by atoms with E-state index in [1.807, 2.05) is 22.2 Å². The number of amides is 2. The van der Waals surface area contributed by atoms with Gasteiger partial charge < -0.3 is 10.6 Å². The van der Waals surface area contributed by atoms with Crippen LogP contribution in [0.25, 0.3) is 0 Å². The van der Waals surface area contributed by atoms with Crippen LogP contribution in [0.4, 0.5) is 0 Å². The van der Waals surface area contributed by atoms with Crippen LogP contribution in [0.1, 0.15) is 48.0 Å². The zero-order chi connectivity index (χ0) is 16.7.